The van der Waals surface area contributed by atoms with Crippen LogP contribution < -0.4 is 5.32 Å². The van der Waals surface area contributed by atoms with Crippen molar-refractivity contribution in [2.75, 3.05) is 6.61 Å². The number of carbonyl (C=O) groups excluding carboxylic acids is 1. The summed E-state index contributed by atoms with van der Waals surface area (Å²) in [6.07, 6.45) is 0. The lowest BCUT2D eigenvalue weighted by Gasteiger charge is -2.36. The molecule has 1 heterocycles. The third-order valence-corrected chi connectivity index (χ3v) is 8.71. The molecule has 5 aromatic carbocycles. The highest BCUT2D eigenvalue weighted by atomic mass is 16.5. The number of benzene rings is 5. The molecule has 0 aliphatic heterocycles. The molecule has 0 unspecified atom stereocenters. The van der Waals surface area contributed by atoms with Gasteiger partial charge in [-0.2, -0.15) is 0 Å². The fourth-order valence-electron chi connectivity index (χ4n) is 6.27. The van der Waals surface area contributed by atoms with E-state index in [0.29, 0.717) is 19.0 Å². The van der Waals surface area contributed by atoms with E-state index in [9.17, 15) is 4.79 Å². The number of hydrogen-bond donors (Lipinski definition) is 3. The number of nitrogens with zero attached hydrogens (tertiary/aromatic N) is 4. The molecule has 11 nitrogen and oxygen atoms in total. The zero-order chi connectivity index (χ0) is 37.8. The van der Waals surface area contributed by atoms with Crippen LogP contribution in [0.15, 0.2) is 140 Å². The Morgan fingerprint density at radius 3 is 1.62 bits per heavy atom. The monoisotopic (exact) mass is 711 g/mol. The SMILES string of the molecule is CCOC(=O)[C@H](NCc1ccc(-c2ccccc2-c2nnnn2C(c2ccccc2)(c2ccccc2)c2ccccc2)cc1)C(C)C.O=C(O)C(=O)O. The lowest BCUT2D eigenvalue weighted by atomic mass is 9.77. The third kappa shape index (κ3) is 8.54. The number of rotatable bonds is 12. The summed E-state index contributed by atoms with van der Waals surface area (Å²) in [5.74, 6) is -3.11. The largest absolute Gasteiger partial charge is 0.473 e. The summed E-state index contributed by atoms with van der Waals surface area (Å²) >= 11 is 0. The first-order valence-electron chi connectivity index (χ1n) is 17.2. The average Bonchev–Trinajstić information content (AvgIpc) is 3.67. The Kier molecular flexibility index (Phi) is 12.6. The Bertz CT molecular complexity index is 1990. The van der Waals surface area contributed by atoms with Gasteiger partial charge in [0.2, 0.25) is 0 Å². The molecule has 3 N–H and O–H groups in total. The van der Waals surface area contributed by atoms with Crippen LogP contribution in [0.3, 0.4) is 0 Å². The Balaban J connectivity index is 0.000000833. The van der Waals surface area contributed by atoms with Gasteiger partial charge >= 0.3 is 17.9 Å². The minimum atomic E-state index is -1.82. The fourth-order valence-corrected chi connectivity index (χ4v) is 6.27. The molecule has 1 aromatic heterocycles. The van der Waals surface area contributed by atoms with Crippen LogP contribution >= 0.6 is 0 Å². The first-order valence-corrected chi connectivity index (χ1v) is 17.2. The predicted octanol–water partition coefficient (Wildman–Crippen LogP) is 6.68. The molecule has 53 heavy (non-hydrogen) atoms. The average molecular weight is 712 g/mol. The number of carboxylic acids is 2. The molecule has 1 atom stereocenters. The van der Waals surface area contributed by atoms with Crippen LogP contribution in [0.5, 0.6) is 0 Å². The van der Waals surface area contributed by atoms with Crippen LogP contribution in [0.4, 0.5) is 0 Å². The van der Waals surface area contributed by atoms with Crippen molar-refractivity contribution in [3.8, 4) is 22.5 Å². The smallest absolute Gasteiger partial charge is 0.414 e. The van der Waals surface area contributed by atoms with Crippen molar-refractivity contribution in [2.24, 2.45) is 5.92 Å². The summed E-state index contributed by atoms with van der Waals surface area (Å²) in [6.45, 7) is 6.78. The van der Waals surface area contributed by atoms with Crippen LogP contribution in [0, 0.1) is 5.92 Å². The molecule has 0 amide bonds. The molecule has 0 radical (unpaired) electrons. The molecule has 0 saturated carbocycles. The summed E-state index contributed by atoms with van der Waals surface area (Å²) in [6, 6.07) is 47.5. The highest BCUT2D eigenvalue weighted by Gasteiger charge is 2.42. The summed E-state index contributed by atoms with van der Waals surface area (Å²) in [7, 11) is 0. The van der Waals surface area contributed by atoms with Crippen LogP contribution in [-0.4, -0.2) is 61.0 Å². The van der Waals surface area contributed by atoms with Gasteiger partial charge in [0.05, 0.1) is 6.61 Å². The maximum absolute atomic E-state index is 12.5. The maximum Gasteiger partial charge on any atom is 0.414 e. The Morgan fingerprint density at radius 1 is 0.698 bits per heavy atom. The van der Waals surface area contributed by atoms with E-state index in [4.69, 9.17) is 29.8 Å². The number of esters is 1. The maximum atomic E-state index is 12.5. The summed E-state index contributed by atoms with van der Waals surface area (Å²) in [5, 5.41) is 31.9. The van der Waals surface area contributed by atoms with Crippen LogP contribution in [0.1, 0.15) is 43.0 Å². The van der Waals surface area contributed by atoms with Gasteiger partial charge in [0, 0.05) is 12.1 Å². The Labute approximate surface area is 307 Å². The summed E-state index contributed by atoms with van der Waals surface area (Å²) in [5.41, 5.74) is 6.32. The number of carbonyl (C=O) groups is 3. The first-order chi connectivity index (χ1) is 25.7. The van der Waals surface area contributed by atoms with Crippen molar-refractivity contribution in [3.05, 3.63) is 162 Å². The van der Waals surface area contributed by atoms with Crippen molar-refractivity contribution in [1.29, 1.82) is 0 Å². The van der Waals surface area contributed by atoms with Crippen LogP contribution in [0.25, 0.3) is 22.5 Å². The molecule has 0 fully saturated rings. The minimum absolute atomic E-state index is 0.112. The zero-order valence-electron chi connectivity index (χ0n) is 29.7. The molecule has 270 valence electrons. The van der Waals surface area contributed by atoms with Crippen molar-refractivity contribution < 1.29 is 29.3 Å². The number of carboxylic acid groups (broad SMARTS) is 2. The van der Waals surface area contributed by atoms with E-state index < -0.39 is 17.5 Å². The van der Waals surface area contributed by atoms with Gasteiger partial charge in [0.25, 0.3) is 0 Å². The molecule has 6 rings (SSSR count). The molecule has 6 aromatic rings. The van der Waals surface area contributed by atoms with E-state index >= 15 is 0 Å². The lowest BCUT2D eigenvalue weighted by molar-refractivity contribution is -0.159. The molecule has 0 aliphatic carbocycles. The van der Waals surface area contributed by atoms with Gasteiger partial charge in [-0.3, -0.25) is 4.79 Å². The van der Waals surface area contributed by atoms with Gasteiger partial charge in [0.15, 0.2) is 5.82 Å². The van der Waals surface area contributed by atoms with Crippen molar-refractivity contribution in [3.63, 3.8) is 0 Å². The number of nitrogens with one attached hydrogen (secondary N) is 1. The molecule has 11 heteroatoms. The number of aromatic nitrogens is 4. The quantitative estimate of drug-likeness (QED) is 0.0711. The third-order valence-electron chi connectivity index (χ3n) is 8.71. The van der Waals surface area contributed by atoms with Crippen molar-refractivity contribution >= 4 is 17.9 Å². The molecular weight excluding hydrogens is 670 g/mol. The van der Waals surface area contributed by atoms with Gasteiger partial charge < -0.3 is 20.3 Å². The highest BCUT2D eigenvalue weighted by Crippen LogP contribution is 2.43. The second-order valence-electron chi connectivity index (χ2n) is 12.4. The number of tetrazole rings is 1. The van der Waals surface area contributed by atoms with Crippen molar-refractivity contribution in [2.45, 2.75) is 38.9 Å². The molecular formula is C42H41N5O6. The standard InChI is InChI=1S/C40H39N5O2.C2H2O4/c1-4-47-39(46)37(29(2)3)41-28-30-24-26-31(27-25-30)35-22-14-15-23-36(35)38-42-43-44-45(38)40(32-16-8-5-9-17-32,33-18-10-6-11-19-33)34-20-12-7-13-21-34;3-1(4)2(5)6/h5-27,29,37,41H,4,28H2,1-3H3;(H,3,4)(H,5,6)/t37-;/m1./s1. The molecule has 0 bridgehead atoms. The number of aliphatic carboxylic acids is 2. The predicted molar refractivity (Wildman–Crippen MR) is 201 cm³/mol. The number of ether oxygens (including phenoxy) is 1. The molecule has 0 aliphatic rings. The van der Waals surface area contributed by atoms with Crippen LogP contribution in [-0.2, 0) is 31.2 Å². The minimum Gasteiger partial charge on any atom is -0.473 e. The van der Waals surface area contributed by atoms with Gasteiger partial charge in [-0.05, 0) is 56.6 Å². The van der Waals surface area contributed by atoms with Crippen LogP contribution in [0.2, 0.25) is 0 Å². The van der Waals surface area contributed by atoms with E-state index in [1.807, 2.05) is 55.8 Å². The van der Waals surface area contributed by atoms with Gasteiger partial charge in [-0.15, -0.1) is 5.10 Å². The van der Waals surface area contributed by atoms with Crippen molar-refractivity contribution in [1.82, 2.24) is 25.5 Å². The Hall–Kier alpha value is -6.46. The van der Waals surface area contributed by atoms with E-state index in [2.05, 4.69) is 125 Å². The second kappa shape index (κ2) is 17.7. The van der Waals surface area contributed by atoms with Gasteiger partial charge in [-0.1, -0.05) is 153 Å². The first kappa shape index (κ1) is 37.8. The van der Waals surface area contributed by atoms with Gasteiger partial charge in [0.1, 0.15) is 11.6 Å². The Morgan fingerprint density at radius 2 is 1.17 bits per heavy atom. The normalized spacial score (nSPS) is 11.6. The lowest BCUT2D eigenvalue weighted by Crippen LogP contribution is -2.41. The highest BCUT2D eigenvalue weighted by molar-refractivity contribution is 6.27. The summed E-state index contributed by atoms with van der Waals surface area (Å²) < 4.78 is 7.24. The second-order valence-corrected chi connectivity index (χ2v) is 12.4. The topological polar surface area (TPSA) is 157 Å². The fraction of sp³-hybridized carbons (Fsp3) is 0.190. The number of hydrogen-bond acceptors (Lipinski definition) is 8. The van der Waals surface area contributed by atoms with E-state index in [1.54, 1.807) is 0 Å². The van der Waals surface area contributed by atoms with Gasteiger partial charge in [-0.25, -0.2) is 14.3 Å². The van der Waals surface area contributed by atoms with E-state index in [0.717, 1.165) is 38.9 Å². The molecule has 0 saturated heterocycles. The van der Waals surface area contributed by atoms with E-state index in [1.165, 1.54) is 0 Å². The summed E-state index contributed by atoms with van der Waals surface area (Å²) in [4.78, 5) is 30.7. The molecule has 0 spiro atoms. The zero-order valence-corrected chi connectivity index (χ0v) is 29.7. The van der Waals surface area contributed by atoms with E-state index in [-0.39, 0.29) is 17.9 Å².